The van der Waals surface area contributed by atoms with Crippen molar-refractivity contribution in [3.63, 3.8) is 0 Å². The third-order valence-corrected chi connectivity index (χ3v) is 8.37. The van der Waals surface area contributed by atoms with Crippen LogP contribution < -0.4 is 15.5 Å². The summed E-state index contributed by atoms with van der Waals surface area (Å²) in [5.41, 5.74) is 2.18. The van der Waals surface area contributed by atoms with Crippen LogP contribution in [-0.2, 0) is 9.59 Å². The fraction of sp³-hybridized carbons (Fsp3) is 0.345. The number of carboxylic acid groups (broad SMARTS) is 1. The van der Waals surface area contributed by atoms with E-state index in [1.807, 2.05) is 11.4 Å². The summed E-state index contributed by atoms with van der Waals surface area (Å²) in [6.45, 7) is 2.12. The number of piperazine rings is 1. The maximum Gasteiger partial charge on any atom is 0.305 e. The lowest BCUT2D eigenvalue weighted by atomic mass is 9.85. The van der Waals surface area contributed by atoms with Gasteiger partial charge in [0.2, 0.25) is 5.91 Å². The zero-order valence-corrected chi connectivity index (χ0v) is 22.7. The molecular formula is C29H31N5O5S. The van der Waals surface area contributed by atoms with Crippen molar-refractivity contribution < 1.29 is 24.3 Å². The second-order valence-electron chi connectivity index (χ2n) is 10.0. The van der Waals surface area contributed by atoms with Crippen molar-refractivity contribution in [1.82, 2.24) is 15.2 Å². The molecule has 1 atom stereocenters. The number of carbonyl (C=O) groups excluding carboxylic acids is 3. The number of nitrogens with zero attached hydrogens (tertiary/aromatic N) is 3. The first-order valence-corrected chi connectivity index (χ1v) is 14.2. The Morgan fingerprint density at radius 1 is 1.02 bits per heavy atom. The van der Waals surface area contributed by atoms with E-state index in [1.165, 1.54) is 11.3 Å². The molecule has 1 unspecified atom stereocenters. The normalized spacial score (nSPS) is 16.1. The van der Waals surface area contributed by atoms with Gasteiger partial charge in [0.1, 0.15) is 0 Å². The molecule has 2 aromatic heterocycles. The molecule has 3 heterocycles. The van der Waals surface area contributed by atoms with E-state index < -0.39 is 17.9 Å². The smallest absolute Gasteiger partial charge is 0.305 e. The van der Waals surface area contributed by atoms with Gasteiger partial charge >= 0.3 is 5.97 Å². The molecule has 40 heavy (non-hydrogen) atoms. The van der Waals surface area contributed by atoms with E-state index in [9.17, 15) is 24.3 Å². The van der Waals surface area contributed by atoms with E-state index in [0.717, 1.165) is 29.8 Å². The fourth-order valence-electron chi connectivity index (χ4n) is 4.91. The lowest BCUT2D eigenvalue weighted by Gasteiger charge is -2.37. The first-order valence-electron chi connectivity index (χ1n) is 13.3. The van der Waals surface area contributed by atoms with Gasteiger partial charge in [-0.1, -0.05) is 12.5 Å². The van der Waals surface area contributed by atoms with Crippen LogP contribution in [0.2, 0.25) is 0 Å². The quantitative estimate of drug-likeness (QED) is 0.362. The molecule has 0 spiro atoms. The second kappa shape index (κ2) is 12.3. The molecule has 0 radical (unpaired) electrons. The van der Waals surface area contributed by atoms with Gasteiger partial charge in [0.25, 0.3) is 11.8 Å². The number of carbonyl (C=O) groups is 4. The summed E-state index contributed by atoms with van der Waals surface area (Å²) in [4.78, 5) is 59.1. The number of amides is 3. The molecule has 1 saturated carbocycles. The van der Waals surface area contributed by atoms with Crippen LogP contribution >= 0.6 is 11.3 Å². The summed E-state index contributed by atoms with van der Waals surface area (Å²) in [6.07, 6.45) is 5.66. The number of thiophene rings is 1. The number of anilines is 2. The average molecular weight is 562 g/mol. The largest absolute Gasteiger partial charge is 0.481 e. The van der Waals surface area contributed by atoms with Crippen molar-refractivity contribution in [3.05, 3.63) is 76.2 Å². The predicted molar refractivity (Wildman–Crippen MR) is 152 cm³/mol. The Morgan fingerprint density at radius 3 is 2.45 bits per heavy atom. The number of nitrogens with one attached hydrogen (secondary N) is 2. The molecule has 1 aliphatic carbocycles. The van der Waals surface area contributed by atoms with Crippen LogP contribution in [0.25, 0.3) is 0 Å². The number of rotatable bonds is 9. The van der Waals surface area contributed by atoms with Gasteiger partial charge in [-0.3, -0.25) is 24.2 Å². The molecule has 1 aliphatic heterocycles. The maximum atomic E-state index is 13.2. The van der Waals surface area contributed by atoms with Gasteiger partial charge < -0.3 is 25.5 Å². The Hall–Kier alpha value is -4.25. The van der Waals surface area contributed by atoms with Crippen molar-refractivity contribution >= 4 is 46.4 Å². The summed E-state index contributed by atoms with van der Waals surface area (Å²) < 4.78 is 0. The number of carboxylic acids is 1. The number of benzene rings is 1. The van der Waals surface area contributed by atoms with E-state index >= 15 is 0 Å². The predicted octanol–water partition coefficient (Wildman–Crippen LogP) is 3.79. The van der Waals surface area contributed by atoms with Gasteiger partial charge in [0, 0.05) is 54.9 Å². The topological polar surface area (TPSA) is 132 Å². The number of pyridine rings is 1. The molecule has 3 N–H and O–H groups in total. The highest BCUT2D eigenvalue weighted by atomic mass is 32.1. The summed E-state index contributed by atoms with van der Waals surface area (Å²) in [5.74, 6) is -1.61. The summed E-state index contributed by atoms with van der Waals surface area (Å²) in [5, 5.41) is 17.1. The first kappa shape index (κ1) is 27.3. The zero-order valence-electron chi connectivity index (χ0n) is 21.9. The lowest BCUT2D eigenvalue weighted by Crippen LogP contribution is -2.49. The van der Waals surface area contributed by atoms with Crippen molar-refractivity contribution in [2.24, 2.45) is 5.92 Å². The van der Waals surface area contributed by atoms with E-state index in [-0.39, 0.29) is 24.2 Å². The zero-order chi connectivity index (χ0) is 28.1. The third kappa shape index (κ3) is 6.31. The first-order chi connectivity index (χ1) is 19.4. The monoisotopic (exact) mass is 561 g/mol. The van der Waals surface area contributed by atoms with E-state index in [0.29, 0.717) is 43.0 Å². The minimum Gasteiger partial charge on any atom is -0.481 e. The molecule has 5 rings (SSSR count). The summed E-state index contributed by atoms with van der Waals surface area (Å²) >= 11 is 1.38. The Labute approximate surface area is 236 Å². The van der Waals surface area contributed by atoms with Crippen molar-refractivity contribution in [3.8, 4) is 0 Å². The number of aromatic nitrogens is 1. The molecule has 1 aromatic carbocycles. The minimum atomic E-state index is -1.01. The SMILES string of the molecule is O=C(O)CC(NC(=O)c1ccc(N2CCN(C(=O)c3cccnc3)CC2)c(NC(=O)C2CCC2)c1)c1cccs1. The van der Waals surface area contributed by atoms with E-state index in [1.54, 1.807) is 53.7 Å². The van der Waals surface area contributed by atoms with Gasteiger partial charge in [-0.05, 0) is 54.6 Å². The van der Waals surface area contributed by atoms with Crippen LogP contribution in [0.4, 0.5) is 11.4 Å². The highest BCUT2D eigenvalue weighted by molar-refractivity contribution is 7.10. The van der Waals surface area contributed by atoms with Crippen molar-refractivity contribution in [2.75, 3.05) is 36.4 Å². The third-order valence-electron chi connectivity index (χ3n) is 7.38. The van der Waals surface area contributed by atoms with Gasteiger partial charge in [-0.2, -0.15) is 0 Å². The van der Waals surface area contributed by atoms with Gasteiger partial charge in [-0.15, -0.1) is 11.3 Å². The second-order valence-corrected chi connectivity index (χ2v) is 11.0. The number of aliphatic carboxylic acids is 1. The molecule has 1 saturated heterocycles. The average Bonchev–Trinajstić information content (AvgIpc) is 3.47. The van der Waals surface area contributed by atoms with Crippen LogP contribution in [0.3, 0.4) is 0 Å². The molecule has 3 amide bonds. The highest BCUT2D eigenvalue weighted by Crippen LogP contribution is 2.33. The molecule has 0 bridgehead atoms. The van der Waals surface area contributed by atoms with E-state index in [2.05, 4.69) is 20.5 Å². The highest BCUT2D eigenvalue weighted by Gasteiger charge is 2.29. The Balaban J connectivity index is 1.33. The Bertz CT molecular complexity index is 1370. The lowest BCUT2D eigenvalue weighted by molar-refractivity contribution is -0.137. The molecule has 10 nitrogen and oxygen atoms in total. The van der Waals surface area contributed by atoms with Crippen LogP contribution in [0.5, 0.6) is 0 Å². The molecular weight excluding hydrogens is 530 g/mol. The minimum absolute atomic E-state index is 0.0435. The van der Waals surface area contributed by atoms with Gasteiger partial charge in [0.05, 0.1) is 29.4 Å². The van der Waals surface area contributed by atoms with Crippen LogP contribution in [0, 0.1) is 5.92 Å². The molecule has 2 aliphatic rings. The Morgan fingerprint density at radius 2 is 1.82 bits per heavy atom. The molecule has 3 aromatic rings. The number of hydrogen-bond donors (Lipinski definition) is 3. The van der Waals surface area contributed by atoms with E-state index in [4.69, 9.17) is 0 Å². The molecule has 208 valence electrons. The number of hydrogen-bond acceptors (Lipinski definition) is 7. The molecule has 2 fully saturated rings. The van der Waals surface area contributed by atoms with Gasteiger partial charge in [-0.25, -0.2) is 0 Å². The van der Waals surface area contributed by atoms with Crippen LogP contribution in [0.15, 0.2) is 60.2 Å². The van der Waals surface area contributed by atoms with Crippen LogP contribution in [0.1, 0.15) is 57.3 Å². The van der Waals surface area contributed by atoms with Crippen molar-refractivity contribution in [2.45, 2.75) is 31.7 Å². The fourth-order valence-corrected chi connectivity index (χ4v) is 5.69. The van der Waals surface area contributed by atoms with Crippen molar-refractivity contribution in [1.29, 1.82) is 0 Å². The maximum absolute atomic E-state index is 13.2. The van der Waals surface area contributed by atoms with Gasteiger partial charge in [0.15, 0.2) is 0 Å². The summed E-state index contributed by atoms with van der Waals surface area (Å²) in [6, 6.07) is 11.6. The van der Waals surface area contributed by atoms with Crippen LogP contribution in [-0.4, -0.2) is 64.9 Å². The summed E-state index contributed by atoms with van der Waals surface area (Å²) in [7, 11) is 0. The Kier molecular flexibility index (Phi) is 8.40. The molecule has 11 heteroatoms. The standard InChI is InChI=1S/C29H31N5O5S/c35-26(36)17-23(25-7-3-15-40-25)32-28(38)20-8-9-24(22(16-20)31-27(37)19-4-1-5-19)33-11-13-34(14-12-33)29(39)21-6-2-10-30-18-21/h2-3,6-10,15-16,18-19,23H,1,4-5,11-14,17H2,(H,31,37)(H,32,38)(H,35,36).